The van der Waals surface area contributed by atoms with Gasteiger partial charge in [0.1, 0.15) is 5.82 Å². The summed E-state index contributed by atoms with van der Waals surface area (Å²) in [5.41, 5.74) is 2.28. The molecule has 2 aliphatic heterocycles. The van der Waals surface area contributed by atoms with Gasteiger partial charge in [-0.1, -0.05) is 0 Å². The summed E-state index contributed by atoms with van der Waals surface area (Å²) in [6.07, 6.45) is 6.45. The Morgan fingerprint density at radius 3 is 2.61 bits per heavy atom. The summed E-state index contributed by atoms with van der Waals surface area (Å²) in [5, 5.41) is 2.94. The summed E-state index contributed by atoms with van der Waals surface area (Å²) >= 11 is 5.56. The Morgan fingerprint density at radius 1 is 1.26 bits per heavy atom. The van der Waals surface area contributed by atoms with E-state index in [4.69, 9.17) is 17.0 Å². The van der Waals surface area contributed by atoms with Gasteiger partial charge in [-0.25, -0.2) is 9.18 Å². The molecule has 0 atom stereocenters. The molecule has 1 spiro atoms. The highest BCUT2D eigenvalue weighted by molar-refractivity contribution is 7.71. The van der Waals surface area contributed by atoms with Crippen LogP contribution in [0.5, 0.6) is 0 Å². The molecule has 2 N–H and O–H groups in total. The second-order valence-corrected chi connectivity index (χ2v) is 9.30. The van der Waals surface area contributed by atoms with Crippen molar-refractivity contribution in [3.05, 3.63) is 40.2 Å². The number of nitrogens with zero attached hydrogens (tertiary/aromatic N) is 2. The second-order valence-electron chi connectivity index (χ2n) is 8.91. The average molecular weight is 445 g/mol. The molecule has 0 unspecified atom stereocenters. The molecule has 2 saturated heterocycles. The van der Waals surface area contributed by atoms with E-state index >= 15 is 0 Å². The first kappa shape index (κ1) is 20.2. The van der Waals surface area contributed by atoms with Crippen LogP contribution in [-0.4, -0.2) is 48.2 Å². The van der Waals surface area contributed by atoms with E-state index in [0.29, 0.717) is 48.1 Å². The molecule has 3 fully saturated rings. The largest absolute Gasteiger partial charge is 0.465 e. The van der Waals surface area contributed by atoms with Crippen LogP contribution in [0.15, 0.2) is 18.3 Å². The molecule has 3 aliphatic rings. The second kappa shape index (κ2) is 7.47. The summed E-state index contributed by atoms with van der Waals surface area (Å²) in [6, 6.07) is 2.94. The van der Waals surface area contributed by atoms with Crippen molar-refractivity contribution in [1.29, 1.82) is 0 Å². The number of hydrogen-bond acceptors (Lipinski definition) is 5. The van der Waals surface area contributed by atoms with E-state index < -0.39 is 11.8 Å². The lowest BCUT2D eigenvalue weighted by Gasteiger charge is -2.40. The number of carbonyl (C=O) groups excluding carboxylic acids is 2. The molecule has 1 aromatic carbocycles. The number of amides is 1. The van der Waals surface area contributed by atoms with Gasteiger partial charge in [0.2, 0.25) is 5.91 Å². The molecular weight excluding hydrogens is 419 g/mol. The van der Waals surface area contributed by atoms with Gasteiger partial charge in [0.25, 0.3) is 0 Å². The van der Waals surface area contributed by atoms with Crippen molar-refractivity contribution in [1.82, 2.24) is 14.9 Å². The smallest absolute Gasteiger partial charge is 0.340 e. The first-order valence-electron chi connectivity index (χ1n) is 10.6. The number of benzene rings is 1. The molecule has 5 rings (SSSR count). The number of hydrogen-bond donors (Lipinski definition) is 2. The van der Waals surface area contributed by atoms with Gasteiger partial charge in [-0.15, -0.1) is 0 Å². The molecule has 0 radical (unpaired) electrons. The van der Waals surface area contributed by atoms with E-state index in [-0.39, 0.29) is 16.9 Å². The maximum Gasteiger partial charge on any atom is 0.340 e. The topological polar surface area (TPSA) is 79.4 Å². The zero-order valence-electron chi connectivity index (χ0n) is 17.4. The number of ether oxygens (including phenoxy) is 1. The number of piperidine rings is 1. The van der Waals surface area contributed by atoms with Crippen LogP contribution in [0.3, 0.4) is 0 Å². The number of aromatic amines is 1. The van der Waals surface area contributed by atoms with Crippen LogP contribution in [0, 0.1) is 16.0 Å². The molecule has 1 aliphatic carbocycles. The van der Waals surface area contributed by atoms with E-state index in [0.717, 1.165) is 31.4 Å². The van der Waals surface area contributed by atoms with E-state index in [9.17, 15) is 14.0 Å². The third kappa shape index (κ3) is 3.64. The highest BCUT2D eigenvalue weighted by atomic mass is 32.1. The monoisotopic (exact) mass is 444 g/mol. The predicted molar refractivity (Wildman–Crippen MR) is 116 cm³/mol. The quantitative estimate of drug-likeness (QED) is 0.558. The molecule has 1 aromatic heterocycles. The molecule has 3 heterocycles. The molecule has 1 saturated carbocycles. The van der Waals surface area contributed by atoms with Crippen molar-refractivity contribution in [3.63, 3.8) is 0 Å². The van der Waals surface area contributed by atoms with Crippen LogP contribution in [0.2, 0.25) is 0 Å². The van der Waals surface area contributed by atoms with Gasteiger partial charge in [-0.2, -0.15) is 0 Å². The van der Waals surface area contributed by atoms with Crippen molar-refractivity contribution >= 4 is 29.8 Å². The van der Waals surface area contributed by atoms with Crippen molar-refractivity contribution in [2.24, 2.45) is 5.41 Å². The lowest BCUT2D eigenvalue weighted by molar-refractivity contribution is -0.119. The Hall–Kier alpha value is -2.68. The van der Waals surface area contributed by atoms with Crippen LogP contribution in [-0.2, 0) is 9.53 Å². The van der Waals surface area contributed by atoms with Gasteiger partial charge in [0.15, 0.2) is 4.77 Å². The number of imidazole rings is 1. The fourth-order valence-corrected chi connectivity index (χ4v) is 5.05. The van der Waals surface area contributed by atoms with E-state index in [1.165, 1.54) is 19.2 Å². The number of H-pyrrole nitrogens is 1. The molecule has 7 nitrogen and oxygen atoms in total. The Labute approximate surface area is 184 Å². The number of aromatic nitrogens is 2. The van der Waals surface area contributed by atoms with Gasteiger partial charge in [0.05, 0.1) is 24.0 Å². The lowest BCUT2D eigenvalue weighted by atomic mass is 9.77. The summed E-state index contributed by atoms with van der Waals surface area (Å²) in [7, 11) is 1.24. The van der Waals surface area contributed by atoms with Crippen molar-refractivity contribution in [3.8, 4) is 5.69 Å². The summed E-state index contributed by atoms with van der Waals surface area (Å²) in [4.78, 5) is 29.3. The number of nitrogens with one attached hydrogen (secondary N) is 2. The number of carbonyl (C=O) groups is 2. The Kier molecular flexibility index (Phi) is 4.88. The van der Waals surface area contributed by atoms with E-state index in [1.54, 1.807) is 0 Å². The average Bonchev–Trinajstić information content (AvgIpc) is 3.46. The number of anilines is 1. The first-order valence-corrected chi connectivity index (χ1v) is 11.1. The van der Waals surface area contributed by atoms with Crippen molar-refractivity contribution in [2.45, 2.75) is 38.0 Å². The summed E-state index contributed by atoms with van der Waals surface area (Å²) in [5.74, 6) is -0.751. The molecule has 0 bridgehead atoms. The Morgan fingerprint density at radius 2 is 2.00 bits per heavy atom. The van der Waals surface area contributed by atoms with Crippen LogP contribution >= 0.6 is 12.2 Å². The highest BCUT2D eigenvalue weighted by Crippen LogP contribution is 2.42. The fraction of sp³-hybridized carbons (Fsp3) is 0.500. The van der Waals surface area contributed by atoms with Crippen LogP contribution < -0.4 is 10.2 Å². The van der Waals surface area contributed by atoms with E-state index in [1.807, 2.05) is 10.8 Å². The number of halogens is 1. The normalized spacial score (nSPS) is 20.2. The van der Waals surface area contributed by atoms with Gasteiger partial charge in [-0.05, 0) is 49.4 Å². The maximum atomic E-state index is 14.9. The van der Waals surface area contributed by atoms with Gasteiger partial charge < -0.3 is 19.9 Å². The van der Waals surface area contributed by atoms with Crippen molar-refractivity contribution in [2.75, 3.05) is 31.6 Å². The first-order chi connectivity index (χ1) is 14.9. The Bertz CT molecular complexity index is 1110. The zero-order valence-corrected chi connectivity index (χ0v) is 18.2. The van der Waals surface area contributed by atoms with Crippen molar-refractivity contribution < 1.29 is 18.7 Å². The van der Waals surface area contributed by atoms with Crippen LogP contribution in [0.1, 0.15) is 54.1 Å². The number of rotatable bonds is 4. The number of esters is 1. The minimum absolute atomic E-state index is 0.0121. The van der Waals surface area contributed by atoms with Gasteiger partial charge in [0, 0.05) is 49.9 Å². The number of methoxy groups -OCH3 is 1. The molecule has 31 heavy (non-hydrogen) atoms. The molecular formula is C22H25FN4O3S. The van der Waals surface area contributed by atoms with E-state index in [2.05, 4.69) is 15.2 Å². The summed E-state index contributed by atoms with van der Waals surface area (Å²) < 4.78 is 22.0. The van der Waals surface area contributed by atoms with Crippen LogP contribution in [0.4, 0.5) is 10.1 Å². The lowest BCUT2D eigenvalue weighted by Crippen LogP contribution is -2.41. The van der Waals surface area contributed by atoms with Gasteiger partial charge in [-0.3, -0.25) is 9.36 Å². The molecule has 2 aromatic rings. The third-order valence-electron chi connectivity index (χ3n) is 6.85. The van der Waals surface area contributed by atoms with Gasteiger partial charge >= 0.3 is 5.97 Å². The third-order valence-corrected chi connectivity index (χ3v) is 7.14. The minimum Gasteiger partial charge on any atom is -0.465 e. The fourth-order valence-electron chi connectivity index (χ4n) is 4.79. The minimum atomic E-state index is -0.720. The molecule has 1 amide bonds. The SMILES string of the molecule is COC(=O)c1cc(-n2cc(C3CC3)[nH]c2=S)c(N2CCC3(CC2)CNC(=O)C3)cc1F. The van der Waals surface area contributed by atoms with Crippen LogP contribution in [0.25, 0.3) is 5.69 Å². The zero-order chi connectivity index (χ0) is 21.8. The predicted octanol–water partition coefficient (Wildman–Crippen LogP) is 3.44. The standard InChI is InChI=1S/C22H25FN4O3S/c1-30-20(29)14-8-18(27-11-16(13-2-3-13)25-21(27)31)17(9-15(14)23)26-6-4-22(5-7-26)10-19(28)24-12-22/h8-9,11,13H,2-7,10,12H2,1H3,(H,24,28)(H,25,31). The highest BCUT2D eigenvalue weighted by Gasteiger charge is 2.41. The molecule has 9 heteroatoms. The summed E-state index contributed by atoms with van der Waals surface area (Å²) in [6.45, 7) is 2.11. The maximum absolute atomic E-state index is 14.9. The molecule has 164 valence electrons. The Balaban J connectivity index is 1.53.